The Bertz CT molecular complexity index is 989. The molecular formula is C18H15Cl2F3N4O2. The summed E-state index contributed by atoms with van der Waals surface area (Å²) in [4.78, 5) is 11.7. The molecule has 0 spiro atoms. The lowest BCUT2D eigenvalue weighted by atomic mass is 10.2. The summed E-state index contributed by atoms with van der Waals surface area (Å²) in [5.41, 5.74) is -0.422. The van der Waals surface area contributed by atoms with Crippen molar-refractivity contribution in [2.45, 2.75) is 6.18 Å². The third-order valence-corrected chi connectivity index (χ3v) is 3.97. The van der Waals surface area contributed by atoms with Crippen LogP contribution in [0.4, 0.5) is 24.7 Å². The monoisotopic (exact) mass is 446 g/mol. The number of pyridine rings is 1. The van der Waals surface area contributed by atoms with E-state index >= 15 is 0 Å². The van der Waals surface area contributed by atoms with Crippen LogP contribution < -0.4 is 14.8 Å². The molecule has 0 aliphatic rings. The van der Waals surface area contributed by atoms with Gasteiger partial charge in [-0.1, -0.05) is 11.6 Å². The van der Waals surface area contributed by atoms with Gasteiger partial charge in [-0.2, -0.15) is 13.2 Å². The van der Waals surface area contributed by atoms with Gasteiger partial charge in [0, 0.05) is 36.2 Å². The van der Waals surface area contributed by atoms with Gasteiger partial charge in [0.25, 0.3) is 0 Å². The maximum absolute atomic E-state index is 13.3. The highest BCUT2D eigenvalue weighted by Crippen LogP contribution is 2.38. The molecule has 154 valence electrons. The van der Waals surface area contributed by atoms with Crippen LogP contribution in [-0.4, -0.2) is 29.2 Å². The molecule has 0 amide bonds. The second-order valence-electron chi connectivity index (χ2n) is 5.51. The van der Waals surface area contributed by atoms with Crippen molar-refractivity contribution in [1.82, 2.24) is 15.0 Å². The molecule has 2 aromatic heterocycles. The molecule has 0 aliphatic heterocycles. The Morgan fingerprint density at radius 3 is 2.34 bits per heavy atom. The fraction of sp³-hybridized carbons (Fsp3) is 0.167. The number of nitrogens with one attached hydrogen (secondary N) is 1. The molecule has 0 unspecified atom stereocenters. The lowest BCUT2D eigenvalue weighted by Gasteiger charge is -2.15. The van der Waals surface area contributed by atoms with E-state index in [1.807, 2.05) is 0 Å². The van der Waals surface area contributed by atoms with Crippen LogP contribution in [0.5, 0.6) is 11.5 Å². The Balaban J connectivity index is 0.00000300. The van der Waals surface area contributed by atoms with E-state index in [9.17, 15) is 13.2 Å². The summed E-state index contributed by atoms with van der Waals surface area (Å²) in [5.74, 6) is 0.428. The van der Waals surface area contributed by atoms with Crippen LogP contribution in [0.25, 0.3) is 11.4 Å². The molecule has 6 nitrogen and oxygen atoms in total. The van der Waals surface area contributed by atoms with Gasteiger partial charge in [-0.3, -0.25) is 4.98 Å². The van der Waals surface area contributed by atoms with E-state index in [4.69, 9.17) is 21.1 Å². The van der Waals surface area contributed by atoms with Gasteiger partial charge in [-0.15, -0.1) is 12.4 Å². The molecular weight excluding hydrogens is 432 g/mol. The van der Waals surface area contributed by atoms with Crippen molar-refractivity contribution in [2.75, 3.05) is 19.5 Å². The number of nitrogens with zero attached hydrogens (tertiary/aromatic N) is 3. The van der Waals surface area contributed by atoms with Crippen LogP contribution >= 0.6 is 24.0 Å². The molecule has 2 heterocycles. The number of hydrogen-bond acceptors (Lipinski definition) is 6. The number of ether oxygens (including phenoxy) is 2. The molecule has 0 atom stereocenters. The minimum atomic E-state index is -4.65. The maximum atomic E-state index is 13.3. The van der Waals surface area contributed by atoms with E-state index in [-0.39, 0.29) is 24.0 Å². The van der Waals surface area contributed by atoms with Crippen molar-refractivity contribution in [2.24, 2.45) is 0 Å². The van der Waals surface area contributed by atoms with E-state index in [1.165, 1.54) is 38.7 Å². The molecule has 1 aromatic carbocycles. The lowest BCUT2D eigenvalue weighted by molar-refractivity contribution is -0.141. The standard InChI is InChI=1S/C18H14ClF3N4O2.ClH/c1-27-13-7-12(14(28-2)6-11(13)19)24-16-8-15(18(20,21)22)25-17(26-16)10-4-3-5-23-9-10;/h3-9H,1-2H3,(H,24,25,26);1H. The summed E-state index contributed by atoms with van der Waals surface area (Å²) < 4.78 is 50.3. The van der Waals surface area contributed by atoms with Crippen molar-refractivity contribution < 1.29 is 22.6 Å². The van der Waals surface area contributed by atoms with Gasteiger partial charge in [0.2, 0.25) is 0 Å². The number of rotatable bonds is 5. The number of benzene rings is 1. The van der Waals surface area contributed by atoms with Crippen LogP contribution in [0.1, 0.15) is 5.69 Å². The molecule has 3 rings (SSSR count). The van der Waals surface area contributed by atoms with E-state index in [0.29, 0.717) is 27.8 Å². The number of alkyl halides is 3. The van der Waals surface area contributed by atoms with Gasteiger partial charge >= 0.3 is 6.18 Å². The molecule has 0 radical (unpaired) electrons. The number of hydrogen-bond donors (Lipinski definition) is 1. The molecule has 3 aromatic rings. The Labute approximate surface area is 175 Å². The van der Waals surface area contributed by atoms with Crippen molar-refractivity contribution in [3.63, 3.8) is 0 Å². The molecule has 0 fully saturated rings. The second kappa shape index (κ2) is 9.15. The smallest absolute Gasteiger partial charge is 0.433 e. The van der Waals surface area contributed by atoms with Crippen LogP contribution in [0, 0.1) is 0 Å². The summed E-state index contributed by atoms with van der Waals surface area (Å²) in [6, 6.07) is 6.94. The zero-order chi connectivity index (χ0) is 20.3. The quantitative estimate of drug-likeness (QED) is 0.566. The SMILES string of the molecule is COc1cc(Nc2cc(C(F)(F)F)nc(-c3cccnc3)n2)c(OC)cc1Cl.Cl. The lowest BCUT2D eigenvalue weighted by Crippen LogP contribution is -2.11. The fourth-order valence-corrected chi connectivity index (χ4v) is 2.61. The average molecular weight is 447 g/mol. The predicted molar refractivity (Wildman–Crippen MR) is 105 cm³/mol. The first-order valence-corrected chi connectivity index (χ1v) is 8.25. The number of aromatic nitrogens is 3. The third kappa shape index (κ3) is 5.18. The van der Waals surface area contributed by atoms with Crippen LogP contribution in [0.15, 0.2) is 42.7 Å². The van der Waals surface area contributed by atoms with Crippen molar-refractivity contribution in [1.29, 1.82) is 0 Å². The van der Waals surface area contributed by atoms with Crippen molar-refractivity contribution in [3.05, 3.63) is 53.4 Å². The van der Waals surface area contributed by atoms with Crippen LogP contribution in [0.3, 0.4) is 0 Å². The van der Waals surface area contributed by atoms with E-state index in [1.54, 1.807) is 12.1 Å². The minimum Gasteiger partial charge on any atom is -0.495 e. The Morgan fingerprint density at radius 2 is 1.76 bits per heavy atom. The highest BCUT2D eigenvalue weighted by atomic mass is 35.5. The first kappa shape index (κ1) is 22.5. The summed E-state index contributed by atoms with van der Waals surface area (Å²) in [5, 5.41) is 3.10. The average Bonchev–Trinajstić information content (AvgIpc) is 2.68. The van der Waals surface area contributed by atoms with Gasteiger partial charge in [0.15, 0.2) is 11.5 Å². The van der Waals surface area contributed by atoms with Gasteiger partial charge in [-0.25, -0.2) is 9.97 Å². The maximum Gasteiger partial charge on any atom is 0.433 e. The zero-order valence-corrected chi connectivity index (χ0v) is 16.7. The highest BCUT2D eigenvalue weighted by molar-refractivity contribution is 6.32. The zero-order valence-electron chi connectivity index (χ0n) is 15.1. The summed E-state index contributed by atoms with van der Waals surface area (Å²) in [6.45, 7) is 0. The predicted octanol–water partition coefficient (Wildman–Crippen LogP) is 5.39. The normalized spacial score (nSPS) is 10.8. The summed E-state index contributed by atoms with van der Waals surface area (Å²) in [7, 11) is 2.83. The summed E-state index contributed by atoms with van der Waals surface area (Å²) >= 11 is 6.06. The molecule has 0 aliphatic carbocycles. The first-order valence-electron chi connectivity index (χ1n) is 7.87. The van der Waals surface area contributed by atoms with Gasteiger partial charge in [0.1, 0.15) is 17.3 Å². The van der Waals surface area contributed by atoms with Gasteiger partial charge < -0.3 is 14.8 Å². The van der Waals surface area contributed by atoms with Gasteiger partial charge in [0.05, 0.1) is 24.9 Å². The Kier molecular flexibility index (Phi) is 7.10. The second-order valence-corrected chi connectivity index (χ2v) is 5.92. The van der Waals surface area contributed by atoms with Crippen molar-refractivity contribution in [3.8, 4) is 22.9 Å². The number of halogens is 5. The van der Waals surface area contributed by atoms with E-state index in [0.717, 1.165) is 6.07 Å². The van der Waals surface area contributed by atoms with Crippen LogP contribution in [0.2, 0.25) is 5.02 Å². The van der Waals surface area contributed by atoms with E-state index in [2.05, 4.69) is 20.3 Å². The Morgan fingerprint density at radius 1 is 1.03 bits per heavy atom. The van der Waals surface area contributed by atoms with E-state index < -0.39 is 11.9 Å². The minimum absolute atomic E-state index is 0. The van der Waals surface area contributed by atoms with Crippen LogP contribution in [-0.2, 0) is 6.18 Å². The Hall–Kier alpha value is -2.78. The topological polar surface area (TPSA) is 69.2 Å². The van der Waals surface area contributed by atoms with Crippen molar-refractivity contribution >= 4 is 35.5 Å². The summed E-state index contributed by atoms with van der Waals surface area (Å²) in [6.07, 6.45) is -1.77. The molecule has 0 bridgehead atoms. The third-order valence-electron chi connectivity index (χ3n) is 3.67. The molecule has 0 saturated heterocycles. The number of anilines is 2. The molecule has 11 heteroatoms. The molecule has 1 N–H and O–H groups in total. The number of methoxy groups -OCH3 is 2. The first-order chi connectivity index (χ1) is 13.3. The van der Waals surface area contributed by atoms with Gasteiger partial charge in [-0.05, 0) is 12.1 Å². The molecule has 0 saturated carbocycles. The highest BCUT2D eigenvalue weighted by Gasteiger charge is 2.34. The molecule has 29 heavy (non-hydrogen) atoms. The fourth-order valence-electron chi connectivity index (χ4n) is 2.38. The largest absolute Gasteiger partial charge is 0.495 e.